The first-order valence-electron chi connectivity index (χ1n) is 8.80. The van der Waals surface area contributed by atoms with E-state index in [9.17, 15) is 0 Å². The van der Waals surface area contributed by atoms with Gasteiger partial charge in [-0.05, 0) is 31.9 Å². The van der Waals surface area contributed by atoms with Gasteiger partial charge in [-0.25, -0.2) is 4.98 Å². The van der Waals surface area contributed by atoms with Crippen LogP contribution < -0.4 is 4.90 Å². The van der Waals surface area contributed by atoms with Gasteiger partial charge in [0.2, 0.25) is 0 Å². The molecule has 0 bridgehead atoms. The first-order chi connectivity index (χ1) is 11.7. The summed E-state index contributed by atoms with van der Waals surface area (Å²) in [4.78, 5) is 9.63. The maximum Gasteiger partial charge on any atom is 0.0983 e. The topological polar surface area (TPSA) is 28.6 Å². The molecule has 0 radical (unpaired) electrons. The van der Waals surface area contributed by atoms with Gasteiger partial charge in [0.05, 0.1) is 22.9 Å². The van der Waals surface area contributed by atoms with E-state index in [4.69, 9.17) is 4.74 Å². The number of aryl methyl sites for hydroxylation is 1. The summed E-state index contributed by atoms with van der Waals surface area (Å²) in [6.45, 7) is 7.97. The molecule has 0 aliphatic carbocycles. The molecule has 0 saturated carbocycles. The smallest absolute Gasteiger partial charge is 0.0983 e. The lowest BCUT2D eigenvalue weighted by Gasteiger charge is -2.48. The number of ether oxygens (including phenoxy) is 1. The SMILES string of the molecule is Cc1nc(CN2CCO[C@@]3(CCCN(c4ccccc4)C3)C2)cs1. The quantitative estimate of drug-likeness (QED) is 0.855. The van der Waals surface area contributed by atoms with Gasteiger partial charge in [0.1, 0.15) is 0 Å². The maximum atomic E-state index is 6.33. The Morgan fingerprint density at radius 3 is 2.88 bits per heavy atom. The van der Waals surface area contributed by atoms with Gasteiger partial charge in [-0.1, -0.05) is 18.2 Å². The van der Waals surface area contributed by atoms with Gasteiger partial charge in [0, 0.05) is 43.8 Å². The second-order valence-corrected chi connectivity index (χ2v) is 8.02. The molecule has 3 heterocycles. The lowest BCUT2D eigenvalue weighted by atomic mass is 9.90. The number of morpholine rings is 1. The first-order valence-corrected chi connectivity index (χ1v) is 9.68. The maximum absolute atomic E-state index is 6.33. The Morgan fingerprint density at radius 2 is 2.08 bits per heavy atom. The van der Waals surface area contributed by atoms with Crippen molar-refractivity contribution in [2.24, 2.45) is 0 Å². The Bertz CT molecular complexity index is 670. The Labute approximate surface area is 148 Å². The van der Waals surface area contributed by atoms with Crippen LogP contribution in [0.1, 0.15) is 23.5 Å². The Balaban J connectivity index is 1.45. The van der Waals surface area contributed by atoms with Crippen LogP contribution in [0, 0.1) is 6.92 Å². The third kappa shape index (κ3) is 3.48. The number of benzene rings is 1. The molecule has 2 aliphatic heterocycles. The van der Waals surface area contributed by atoms with E-state index in [1.165, 1.54) is 17.8 Å². The lowest BCUT2D eigenvalue weighted by Crippen LogP contribution is -2.59. The van der Waals surface area contributed by atoms with Gasteiger partial charge in [0.15, 0.2) is 0 Å². The zero-order valence-corrected chi connectivity index (χ0v) is 15.1. The van der Waals surface area contributed by atoms with Crippen LogP contribution in [-0.2, 0) is 11.3 Å². The van der Waals surface area contributed by atoms with Gasteiger partial charge in [-0.2, -0.15) is 0 Å². The predicted octanol–water partition coefficient (Wildman–Crippen LogP) is 3.32. The van der Waals surface area contributed by atoms with Gasteiger partial charge >= 0.3 is 0 Å². The highest BCUT2D eigenvalue weighted by Crippen LogP contribution is 2.32. The Kier molecular flexibility index (Phi) is 4.57. The van der Waals surface area contributed by atoms with Crippen LogP contribution in [0.15, 0.2) is 35.7 Å². The third-order valence-electron chi connectivity index (χ3n) is 5.04. The van der Waals surface area contributed by atoms with Crippen molar-refractivity contribution in [2.75, 3.05) is 37.7 Å². The van der Waals surface area contributed by atoms with Crippen molar-refractivity contribution in [1.29, 1.82) is 0 Å². The molecule has 2 saturated heterocycles. The van der Waals surface area contributed by atoms with E-state index in [0.29, 0.717) is 0 Å². The number of thiazole rings is 1. The summed E-state index contributed by atoms with van der Waals surface area (Å²) in [5.74, 6) is 0. The second kappa shape index (κ2) is 6.82. The van der Waals surface area contributed by atoms with Crippen LogP contribution in [0.25, 0.3) is 0 Å². The van der Waals surface area contributed by atoms with E-state index in [2.05, 4.69) is 57.4 Å². The van der Waals surface area contributed by atoms with Crippen molar-refractivity contribution in [3.8, 4) is 0 Å². The van der Waals surface area contributed by atoms with E-state index < -0.39 is 0 Å². The number of nitrogens with zero attached hydrogens (tertiary/aromatic N) is 3. The monoisotopic (exact) mass is 343 g/mol. The van der Waals surface area contributed by atoms with Crippen LogP contribution in [0.3, 0.4) is 0 Å². The summed E-state index contributed by atoms with van der Waals surface area (Å²) in [7, 11) is 0. The molecular weight excluding hydrogens is 318 g/mol. The predicted molar refractivity (Wildman–Crippen MR) is 98.7 cm³/mol. The first kappa shape index (κ1) is 16.1. The van der Waals surface area contributed by atoms with Crippen molar-refractivity contribution < 1.29 is 4.74 Å². The minimum Gasteiger partial charge on any atom is -0.370 e. The summed E-state index contributed by atoms with van der Waals surface area (Å²) < 4.78 is 6.33. The number of hydrogen-bond acceptors (Lipinski definition) is 5. The average Bonchev–Trinajstić information content (AvgIpc) is 3.01. The highest BCUT2D eigenvalue weighted by atomic mass is 32.1. The minimum atomic E-state index is -0.0303. The van der Waals surface area contributed by atoms with Crippen LogP contribution >= 0.6 is 11.3 Å². The molecule has 2 aliphatic rings. The highest BCUT2D eigenvalue weighted by molar-refractivity contribution is 7.09. The van der Waals surface area contributed by atoms with Gasteiger partial charge in [0.25, 0.3) is 0 Å². The van der Waals surface area contributed by atoms with Crippen LogP contribution in [-0.4, -0.2) is 48.3 Å². The molecule has 4 nitrogen and oxygen atoms in total. The van der Waals surface area contributed by atoms with Crippen molar-refractivity contribution in [3.05, 3.63) is 46.4 Å². The lowest BCUT2D eigenvalue weighted by molar-refractivity contribution is -0.116. The molecule has 0 unspecified atom stereocenters. The Morgan fingerprint density at radius 1 is 1.21 bits per heavy atom. The average molecular weight is 343 g/mol. The molecule has 1 spiro atoms. The number of rotatable bonds is 3. The number of anilines is 1. The van der Waals surface area contributed by atoms with Crippen molar-refractivity contribution in [1.82, 2.24) is 9.88 Å². The van der Waals surface area contributed by atoms with E-state index in [1.807, 2.05) is 0 Å². The fourth-order valence-corrected chi connectivity index (χ4v) is 4.58. The van der Waals surface area contributed by atoms with Crippen LogP contribution in [0.4, 0.5) is 5.69 Å². The van der Waals surface area contributed by atoms with E-state index in [1.54, 1.807) is 11.3 Å². The van der Waals surface area contributed by atoms with E-state index in [0.717, 1.165) is 50.8 Å². The summed E-state index contributed by atoms with van der Waals surface area (Å²) in [5, 5.41) is 3.34. The summed E-state index contributed by atoms with van der Waals surface area (Å²) in [5.41, 5.74) is 2.48. The summed E-state index contributed by atoms with van der Waals surface area (Å²) >= 11 is 1.74. The molecule has 2 fully saturated rings. The molecule has 1 aromatic heterocycles. The molecule has 1 aromatic carbocycles. The minimum absolute atomic E-state index is 0.0303. The number of piperidine rings is 1. The third-order valence-corrected chi connectivity index (χ3v) is 5.86. The molecule has 0 N–H and O–H groups in total. The molecule has 1 atom stereocenters. The molecule has 0 amide bonds. The van der Waals surface area contributed by atoms with Crippen molar-refractivity contribution in [3.63, 3.8) is 0 Å². The fraction of sp³-hybridized carbons (Fsp3) is 0.526. The normalized spacial score (nSPS) is 25.3. The van der Waals surface area contributed by atoms with Gasteiger partial charge in [-0.15, -0.1) is 11.3 Å². The van der Waals surface area contributed by atoms with Crippen molar-refractivity contribution in [2.45, 2.75) is 31.9 Å². The highest BCUT2D eigenvalue weighted by Gasteiger charge is 2.40. The molecule has 5 heteroatoms. The molecule has 4 rings (SSSR count). The molecule has 128 valence electrons. The van der Waals surface area contributed by atoms with Gasteiger partial charge < -0.3 is 9.64 Å². The van der Waals surface area contributed by atoms with Crippen molar-refractivity contribution >= 4 is 17.0 Å². The van der Waals surface area contributed by atoms with Crippen LogP contribution in [0.2, 0.25) is 0 Å². The van der Waals surface area contributed by atoms with Gasteiger partial charge in [-0.3, -0.25) is 4.90 Å². The zero-order chi connectivity index (χ0) is 16.4. The fourth-order valence-electron chi connectivity index (χ4n) is 3.97. The largest absolute Gasteiger partial charge is 0.370 e. The summed E-state index contributed by atoms with van der Waals surface area (Å²) in [6.07, 6.45) is 2.35. The zero-order valence-electron chi connectivity index (χ0n) is 14.3. The number of para-hydroxylation sites is 1. The second-order valence-electron chi connectivity index (χ2n) is 6.96. The molecule has 24 heavy (non-hydrogen) atoms. The number of aromatic nitrogens is 1. The standard InChI is InChI=1S/C19H25N3OS/c1-16-20-17(13-24-16)12-21-10-11-23-19(14-21)8-5-9-22(15-19)18-6-3-2-4-7-18/h2-4,6-7,13H,5,8-12,14-15H2,1H3/t19-/m0/s1. The molecule has 2 aromatic rings. The number of hydrogen-bond donors (Lipinski definition) is 0. The van der Waals surface area contributed by atoms with E-state index in [-0.39, 0.29) is 5.60 Å². The Hall–Kier alpha value is -1.43. The summed E-state index contributed by atoms with van der Waals surface area (Å²) in [6, 6.07) is 10.7. The molecular formula is C19H25N3OS. The van der Waals surface area contributed by atoms with E-state index >= 15 is 0 Å². The van der Waals surface area contributed by atoms with Crippen LogP contribution in [0.5, 0.6) is 0 Å².